The molecule has 2 atom stereocenters. The largest absolute Gasteiger partial charge is 0.370 e. The van der Waals surface area contributed by atoms with Crippen LogP contribution in [0.1, 0.15) is 40.0 Å². The van der Waals surface area contributed by atoms with Crippen LogP contribution in [0.4, 0.5) is 0 Å². The molecular formula is C13H26N4. The summed E-state index contributed by atoms with van der Waals surface area (Å²) >= 11 is 0. The van der Waals surface area contributed by atoms with Crippen LogP contribution >= 0.6 is 0 Å². The molecule has 2 aliphatic heterocycles. The number of guanidine groups is 1. The zero-order chi connectivity index (χ0) is 12.4. The average Bonchev–Trinajstić information content (AvgIpc) is 2.27. The predicted molar refractivity (Wildman–Crippen MR) is 72.1 cm³/mol. The van der Waals surface area contributed by atoms with Crippen molar-refractivity contribution in [1.82, 2.24) is 9.80 Å². The Kier molecular flexibility index (Phi) is 3.92. The third-order valence-corrected chi connectivity index (χ3v) is 3.87. The quantitative estimate of drug-likeness (QED) is 0.553. The van der Waals surface area contributed by atoms with E-state index in [9.17, 15) is 0 Å². The summed E-state index contributed by atoms with van der Waals surface area (Å²) in [5, 5.41) is 0. The van der Waals surface area contributed by atoms with E-state index >= 15 is 0 Å². The second-order valence-corrected chi connectivity index (χ2v) is 5.73. The molecule has 0 spiro atoms. The summed E-state index contributed by atoms with van der Waals surface area (Å²) < 4.78 is 0. The minimum atomic E-state index is 0.284. The van der Waals surface area contributed by atoms with Gasteiger partial charge in [-0.25, -0.2) is 0 Å². The first kappa shape index (κ1) is 12.7. The molecule has 0 amide bonds. The third-order valence-electron chi connectivity index (χ3n) is 3.87. The molecule has 0 saturated carbocycles. The van der Waals surface area contributed by atoms with Crippen molar-refractivity contribution in [3.63, 3.8) is 0 Å². The van der Waals surface area contributed by atoms with Crippen LogP contribution in [0.25, 0.3) is 0 Å². The van der Waals surface area contributed by atoms with E-state index in [1.54, 1.807) is 0 Å². The van der Waals surface area contributed by atoms with Gasteiger partial charge in [-0.1, -0.05) is 6.42 Å². The van der Waals surface area contributed by atoms with E-state index in [0.717, 1.165) is 19.0 Å². The number of nitrogens with two attached hydrogens (primary N) is 1. The molecule has 2 heterocycles. The van der Waals surface area contributed by atoms with Crippen molar-refractivity contribution in [2.45, 2.75) is 58.2 Å². The molecule has 4 heteroatoms. The first-order chi connectivity index (χ1) is 8.08. The van der Waals surface area contributed by atoms with Crippen molar-refractivity contribution in [3.8, 4) is 0 Å². The van der Waals surface area contributed by atoms with Crippen molar-refractivity contribution < 1.29 is 0 Å². The van der Waals surface area contributed by atoms with E-state index in [1.165, 1.54) is 25.8 Å². The van der Waals surface area contributed by atoms with Crippen molar-refractivity contribution in [3.05, 3.63) is 0 Å². The van der Waals surface area contributed by atoms with Crippen LogP contribution in [0.5, 0.6) is 0 Å². The fourth-order valence-corrected chi connectivity index (χ4v) is 3.01. The molecule has 2 fully saturated rings. The lowest BCUT2D eigenvalue weighted by molar-refractivity contribution is 0.0495. The Morgan fingerprint density at radius 2 is 2.06 bits per heavy atom. The number of aliphatic imine (C=N–C) groups is 1. The standard InChI is InChI=1S/C13H26N4/c1-10(2)15-13(14)17-9-12-6-4-5-7-16(12)8-11(17)3/h10-12H,4-9H2,1-3H3,(H2,14,15). The van der Waals surface area contributed by atoms with Crippen molar-refractivity contribution in [2.75, 3.05) is 19.6 Å². The van der Waals surface area contributed by atoms with Gasteiger partial charge in [0.2, 0.25) is 0 Å². The molecule has 0 aromatic rings. The molecule has 2 aliphatic rings. The molecule has 0 radical (unpaired) electrons. The van der Waals surface area contributed by atoms with Crippen LogP contribution in [-0.2, 0) is 0 Å². The van der Waals surface area contributed by atoms with Crippen LogP contribution in [-0.4, -0.2) is 53.5 Å². The number of fused-ring (bicyclic) bond motifs is 1. The van der Waals surface area contributed by atoms with Crippen molar-refractivity contribution in [1.29, 1.82) is 0 Å². The highest BCUT2D eigenvalue weighted by Crippen LogP contribution is 2.23. The Balaban J connectivity index is 2.04. The smallest absolute Gasteiger partial charge is 0.191 e. The fraction of sp³-hybridized carbons (Fsp3) is 0.923. The molecule has 98 valence electrons. The third kappa shape index (κ3) is 2.92. The van der Waals surface area contributed by atoms with Crippen molar-refractivity contribution in [2.24, 2.45) is 10.7 Å². The lowest BCUT2D eigenvalue weighted by Gasteiger charge is -2.47. The second-order valence-electron chi connectivity index (χ2n) is 5.73. The van der Waals surface area contributed by atoms with Crippen LogP contribution in [0, 0.1) is 0 Å². The van der Waals surface area contributed by atoms with E-state index in [0.29, 0.717) is 12.1 Å². The Labute approximate surface area is 105 Å². The van der Waals surface area contributed by atoms with Crippen LogP contribution in [0.15, 0.2) is 4.99 Å². The zero-order valence-electron chi connectivity index (χ0n) is 11.4. The van der Waals surface area contributed by atoms with Gasteiger partial charge in [0.15, 0.2) is 5.96 Å². The van der Waals surface area contributed by atoms with E-state index in [4.69, 9.17) is 5.73 Å². The summed E-state index contributed by atoms with van der Waals surface area (Å²) in [6.07, 6.45) is 4.04. The lowest BCUT2D eigenvalue weighted by atomic mass is 9.97. The Morgan fingerprint density at radius 1 is 1.29 bits per heavy atom. The molecule has 2 unspecified atom stereocenters. The van der Waals surface area contributed by atoms with Crippen LogP contribution in [0.2, 0.25) is 0 Å². The highest BCUT2D eigenvalue weighted by atomic mass is 15.4. The highest BCUT2D eigenvalue weighted by Gasteiger charge is 2.33. The molecular weight excluding hydrogens is 212 g/mol. The van der Waals surface area contributed by atoms with Gasteiger partial charge in [0.05, 0.1) is 0 Å². The zero-order valence-corrected chi connectivity index (χ0v) is 11.4. The second kappa shape index (κ2) is 5.25. The van der Waals surface area contributed by atoms with Gasteiger partial charge >= 0.3 is 0 Å². The number of piperazine rings is 1. The summed E-state index contributed by atoms with van der Waals surface area (Å²) in [4.78, 5) is 9.42. The molecule has 2 saturated heterocycles. The van der Waals surface area contributed by atoms with Gasteiger partial charge in [0, 0.05) is 31.2 Å². The normalized spacial score (nSPS) is 31.8. The average molecular weight is 238 g/mol. The van der Waals surface area contributed by atoms with Gasteiger partial charge < -0.3 is 10.6 Å². The summed E-state index contributed by atoms with van der Waals surface area (Å²) in [7, 11) is 0. The number of hydrogen-bond donors (Lipinski definition) is 1. The number of hydrogen-bond acceptors (Lipinski definition) is 2. The summed E-state index contributed by atoms with van der Waals surface area (Å²) in [5.41, 5.74) is 6.12. The molecule has 0 aromatic carbocycles. The van der Waals surface area contributed by atoms with Gasteiger partial charge in [-0.3, -0.25) is 9.89 Å². The summed E-state index contributed by atoms with van der Waals surface area (Å²) in [6, 6.07) is 1.47. The Morgan fingerprint density at radius 3 is 2.76 bits per heavy atom. The van der Waals surface area contributed by atoms with Gasteiger partial charge in [0.1, 0.15) is 0 Å². The number of nitrogens with zero attached hydrogens (tertiary/aromatic N) is 3. The van der Waals surface area contributed by atoms with Gasteiger partial charge in [-0.05, 0) is 40.2 Å². The topological polar surface area (TPSA) is 44.9 Å². The lowest BCUT2D eigenvalue weighted by Crippen LogP contribution is -2.61. The van der Waals surface area contributed by atoms with Crippen molar-refractivity contribution >= 4 is 5.96 Å². The van der Waals surface area contributed by atoms with Gasteiger partial charge in [0.25, 0.3) is 0 Å². The molecule has 2 rings (SSSR count). The van der Waals surface area contributed by atoms with E-state index < -0.39 is 0 Å². The maximum Gasteiger partial charge on any atom is 0.191 e. The molecule has 2 N–H and O–H groups in total. The highest BCUT2D eigenvalue weighted by molar-refractivity contribution is 5.78. The maximum atomic E-state index is 6.12. The molecule has 0 aliphatic carbocycles. The maximum absolute atomic E-state index is 6.12. The number of piperidine rings is 1. The Bertz CT molecular complexity index is 287. The minimum absolute atomic E-state index is 0.284. The number of rotatable bonds is 1. The van der Waals surface area contributed by atoms with Crippen LogP contribution < -0.4 is 5.73 Å². The summed E-state index contributed by atoms with van der Waals surface area (Å²) in [6.45, 7) is 9.88. The van der Waals surface area contributed by atoms with Gasteiger partial charge in [-0.2, -0.15) is 0 Å². The predicted octanol–water partition coefficient (Wildman–Crippen LogP) is 1.27. The van der Waals surface area contributed by atoms with Crippen LogP contribution in [0.3, 0.4) is 0 Å². The minimum Gasteiger partial charge on any atom is -0.370 e. The molecule has 17 heavy (non-hydrogen) atoms. The first-order valence-electron chi connectivity index (χ1n) is 6.92. The van der Waals surface area contributed by atoms with Gasteiger partial charge in [-0.15, -0.1) is 0 Å². The summed E-state index contributed by atoms with van der Waals surface area (Å²) in [5.74, 6) is 0.734. The van der Waals surface area contributed by atoms with E-state index in [2.05, 4.69) is 35.6 Å². The molecule has 4 nitrogen and oxygen atoms in total. The molecule has 0 aromatic heterocycles. The monoisotopic (exact) mass is 238 g/mol. The van der Waals surface area contributed by atoms with E-state index in [-0.39, 0.29) is 6.04 Å². The first-order valence-corrected chi connectivity index (χ1v) is 6.92. The van der Waals surface area contributed by atoms with E-state index in [1.807, 2.05) is 0 Å². The Hall–Kier alpha value is -0.770. The fourth-order valence-electron chi connectivity index (χ4n) is 3.01. The molecule has 0 bridgehead atoms. The SMILES string of the molecule is CC(C)N=C(N)N1CC2CCCCN2CC1C.